The van der Waals surface area contributed by atoms with Crippen LogP contribution >= 0.6 is 11.3 Å². The van der Waals surface area contributed by atoms with E-state index in [1.54, 1.807) is 22.4 Å². The van der Waals surface area contributed by atoms with Gasteiger partial charge in [0.1, 0.15) is 10.3 Å². The number of hydrogen-bond acceptors (Lipinski definition) is 7. The molecule has 0 aliphatic carbocycles. The smallest absolute Gasteiger partial charge is 0.328 e. The molecule has 0 radical (unpaired) electrons. The van der Waals surface area contributed by atoms with Crippen LogP contribution in [0.3, 0.4) is 0 Å². The standard InChI is InChI=1S/C19H27N3O6S2/c1-14(23)20-15(18(25)28-2)12-16(24)21-8-5-19(13-21)6-9-22(10-7-19)30(26,27)17-4-3-11-29-17/h3-4,11,15H,5-10,12-13H2,1-2H3,(H,20,23)/t15-/m0/s1. The monoisotopic (exact) mass is 457 g/mol. The van der Waals surface area contributed by atoms with Gasteiger partial charge in [0.2, 0.25) is 11.8 Å². The molecule has 1 aromatic heterocycles. The molecular formula is C19H27N3O6S2. The fourth-order valence-electron chi connectivity index (χ4n) is 4.18. The molecule has 1 aromatic rings. The van der Waals surface area contributed by atoms with E-state index in [4.69, 9.17) is 0 Å². The number of sulfonamides is 1. The second-order valence-electron chi connectivity index (χ2n) is 7.88. The van der Waals surface area contributed by atoms with Crippen LogP contribution in [0.1, 0.15) is 32.6 Å². The molecule has 2 aliphatic heterocycles. The Morgan fingerprint density at radius 2 is 1.90 bits per heavy atom. The van der Waals surface area contributed by atoms with Gasteiger partial charge in [-0.2, -0.15) is 4.31 Å². The third kappa shape index (κ3) is 4.84. The summed E-state index contributed by atoms with van der Waals surface area (Å²) in [6, 6.07) is 2.34. The summed E-state index contributed by atoms with van der Waals surface area (Å²) in [5.74, 6) is -1.28. The van der Waals surface area contributed by atoms with Crippen LogP contribution in [0.5, 0.6) is 0 Å². The number of ether oxygens (including phenoxy) is 1. The van der Waals surface area contributed by atoms with Crippen molar-refractivity contribution in [3.63, 3.8) is 0 Å². The lowest BCUT2D eigenvalue weighted by Crippen LogP contribution is -2.46. The summed E-state index contributed by atoms with van der Waals surface area (Å²) >= 11 is 1.22. The Hall–Kier alpha value is -1.98. The molecule has 30 heavy (non-hydrogen) atoms. The van der Waals surface area contributed by atoms with Gasteiger partial charge in [-0.1, -0.05) is 6.07 Å². The van der Waals surface area contributed by atoms with E-state index in [9.17, 15) is 22.8 Å². The lowest BCUT2D eigenvalue weighted by Gasteiger charge is -2.38. The first kappa shape index (κ1) is 22.7. The molecule has 9 nitrogen and oxygen atoms in total. The fraction of sp³-hybridized carbons (Fsp3) is 0.632. The highest BCUT2D eigenvalue weighted by atomic mass is 32.2. The van der Waals surface area contributed by atoms with Gasteiger partial charge in [0.25, 0.3) is 10.0 Å². The molecule has 2 fully saturated rings. The number of nitrogens with zero attached hydrogens (tertiary/aromatic N) is 2. The van der Waals surface area contributed by atoms with Crippen molar-refractivity contribution >= 4 is 39.1 Å². The predicted octanol–water partition coefficient (Wildman–Crippen LogP) is 0.819. The van der Waals surface area contributed by atoms with Crippen LogP contribution in [-0.2, 0) is 29.1 Å². The minimum Gasteiger partial charge on any atom is -0.467 e. The zero-order valence-corrected chi connectivity index (χ0v) is 18.8. The molecule has 1 N–H and O–H groups in total. The van der Waals surface area contributed by atoms with Crippen molar-refractivity contribution in [2.75, 3.05) is 33.3 Å². The SMILES string of the molecule is COC(=O)[C@H](CC(=O)N1CCC2(CCN(S(=O)(=O)c3cccs3)CC2)C1)NC(C)=O. The summed E-state index contributed by atoms with van der Waals surface area (Å²) in [5.41, 5.74) is -0.105. The second kappa shape index (κ2) is 9.03. The van der Waals surface area contributed by atoms with E-state index in [0.29, 0.717) is 43.2 Å². The number of likely N-dealkylation sites (tertiary alicyclic amines) is 1. The molecule has 11 heteroatoms. The van der Waals surface area contributed by atoms with Crippen LogP contribution in [0.4, 0.5) is 0 Å². The quantitative estimate of drug-likeness (QED) is 0.633. The molecular weight excluding hydrogens is 430 g/mol. The average Bonchev–Trinajstić information content (AvgIpc) is 3.38. The van der Waals surface area contributed by atoms with Crippen molar-refractivity contribution in [1.82, 2.24) is 14.5 Å². The molecule has 2 aliphatic rings. The van der Waals surface area contributed by atoms with Crippen LogP contribution < -0.4 is 5.32 Å². The van der Waals surface area contributed by atoms with Gasteiger partial charge in [0.15, 0.2) is 0 Å². The van der Waals surface area contributed by atoms with E-state index >= 15 is 0 Å². The second-order valence-corrected chi connectivity index (χ2v) is 11.0. The van der Waals surface area contributed by atoms with Crippen LogP contribution in [0, 0.1) is 5.41 Å². The molecule has 0 saturated carbocycles. The Labute approximate surface area is 180 Å². The fourth-order valence-corrected chi connectivity index (χ4v) is 6.77. The van der Waals surface area contributed by atoms with Gasteiger partial charge < -0.3 is 15.0 Å². The number of methoxy groups -OCH3 is 1. The first-order chi connectivity index (χ1) is 14.2. The number of carbonyl (C=O) groups excluding carboxylic acids is 3. The Bertz CT molecular complexity index is 891. The molecule has 1 spiro atoms. The molecule has 0 bridgehead atoms. The van der Waals surface area contributed by atoms with Crippen molar-refractivity contribution in [1.29, 1.82) is 0 Å². The normalized spacial score (nSPS) is 20.1. The number of rotatable bonds is 6. The van der Waals surface area contributed by atoms with E-state index in [-0.39, 0.29) is 17.7 Å². The first-order valence-corrected chi connectivity index (χ1v) is 12.2. The minimum atomic E-state index is -3.45. The largest absolute Gasteiger partial charge is 0.467 e. The maximum Gasteiger partial charge on any atom is 0.328 e. The van der Waals surface area contributed by atoms with Crippen molar-refractivity contribution in [2.24, 2.45) is 5.41 Å². The number of carbonyl (C=O) groups is 3. The van der Waals surface area contributed by atoms with Gasteiger partial charge in [-0.05, 0) is 36.1 Å². The summed E-state index contributed by atoms with van der Waals surface area (Å²) in [6.07, 6.45) is 2.02. The minimum absolute atomic E-state index is 0.105. The van der Waals surface area contributed by atoms with Gasteiger partial charge in [0.05, 0.1) is 13.5 Å². The van der Waals surface area contributed by atoms with E-state index in [1.165, 1.54) is 29.7 Å². The van der Waals surface area contributed by atoms with Gasteiger partial charge in [-0.25, -0.2) is 13.2 Å². The van der Waals surface area contributed by atoms with Crippen molar-refractivity contribution < 1.29 is 27.5 Å². The zero-order valence-electron chi connectivity index (χ0n) is 17.1. The van der Waals surface area contributed by atoms with Gasteiger partial charge in [0, 0.05) is 33.1 Å². The summed E-state index contributed by atoms with van der Waals surface area (Å²) < 4.78 is 32.0. The maximum absolute atomic E-state index is 12.7. The molecule has 3 heterocycles. The highest BCUT2D eigenvalue weighted by Crippen LogP contribution is 2.41. The first-order valence-electron chi connectivity index (χ1n) is 9.83. The van der Waals surface area contributed by atoms with Crippen molar-refractivity contribution in [3.8, 4) is 0 Å². The van der Waals surface area contributed by atoms with Crippen molar-refractivity contribution in [2.45, 2.75) is 42.9 Å². The third-order valence-corrected chi connectivity index (χ3v) is 9.18. The van der Waals surface area contributed by atoms with Gasteiger partial charge in [-0.15, -0.1) is 11.3 Å². The summed E-state index contributed by atoms with van der Waals surface area (Å²) in [7, 11) is -2.24. The topological polar surface area (TPSA) is 113 Å². The molecule has 2 saturated heterocycles. The Morgan fingerprint density at radius 3 is 2.47 bits per heavy atom. The maximum atomic E-state index is 12.7. The molecule has 0 aromatic carbocycles. The van der Waals surface area contributed by atoms with Crippen LogP contribution in [0.15, 0.2) is 21.7 Å². The predicted molar refractivity (Wildman–Crippen MR) is 110 cm³/mol. The van der Waals surface area contributed by atoms with Crippen LogP contribution in [0.2, 0.25) is 0 Å². The average molecular weight is 458 g/mol. The molecule has 1 atom stereocenters. The molecule has 3 rings (SSSR count). The number of esters is 1. The number of hydrogen-bond donors (Lipinski definition) is 1. The highest BCUT2D eigenvalue weighted by molar-refractivity contribution is 7.91. The number of amides is 2. The van der Waals surface area contributed by atoms with Crippen LogP contribution in [0.25, 0.3) is 0 Å². The number of piperidine rings is 1. The third-order valence-electron chi connectivity index (χ3n) is 5.91. The van der Waals surface area contributed by atoms with Crippen LogP contribution in [-0.4, -0.2) is 74.7 Å². The van der Waals surface area contributed by atoms with E-state index in [2.05, 4.69) is 10.1 Å². The molecule has 0 unspecified atom stereocenters. The Morgan fingerprint density at radius 1 is 1.23 bits per heavy atom. The van der Waals surface area contributed by atoms with Gasteiger partial charge in [-0.3, -0.25) is 9.59 Å². The lowest BCUT2D eigenvalue weighted by molar-refractivity contribution is -0.147. The number of thiophene rings is 1. The summed E-state index contributed by atoms with van der Waals surface area (Å²) in [6.45, 7) is 3.23. The Kier molecular flexibility index (Phi) is 6.83. The molecule has 166 valence electrons. The summed E-state index contributed by atoms with van der Waals surface area (Å²) in [4.78, 5) is 37.6. The van der Waals surface area contributed by atoms with E-state index in [0.717, 1.165) is 6.42 Å². The van der Waals surface area contributed by atoms with E-state index in [1.807, 2.05) is 0 Å². The molecule has 2 amide bonds. The zero-order chi connectivity index (χ0) is 21.9. The highest BCUT2D eigenvalue weighted by Gasteiger charge is 2.44. The van der Waals surface area contributed by atoms with E-state index < -0.39 is 27.9 Å². The van der Waals surface area contributed by atoms with Gasteiger partial charge >= 0.3 is 5.97 Å². The Balaban J connectivity index is 1.58. The van der Waals surface area contributed by atoms with Crippen molar-refractivity contribution in [3.05, 3.63) is 17.5 Å². The number of nitrogens with one attached hydrogen (secondary N) is 1. The lowest BCUT2D eigenvalue weighted by atomic mass is 9.78. The summed E-state index contributed by atoms with van der Waals surface area (Å²) in [5, 5.41) is 4.21.